The molecular weight excluding hydrogens is 632 g/mol. The highest BCUT2D eigenvalue weighted by molar-refractivity contribution is 8.01. The van der Waals surface area contributed by atoms with Gasteiger partial charge in [0.2, 0.25) is 17.7 Å². The van der Waals surface area contributed by atoms with Crippen LogP contribution >= 0.6 is 11.8 Å². The van der Waals surface area contributed by atoms with E-state index in [1.165, 1.54) is 42.4 Å². The number of nitrogens with zero attached hydrogens (tertiary/aromatic N) is 4. The number of carbonyl (C=O) groups excluding carboxylic acids is 5. The molecule has 2 saturated heterocycles. The summed E-state index contributed by atoms with van der Waals surface area (Å²) in [6.07, 6.45) is 11.2. The minimum Gasteiger partial charge on any atom is -0.467 e. The molecule has 48 heavy (non-hydrogen) atoms. The van der Waals surface area contributed by atoms with Gasteiger partial charge in [-0.3, -0.25) is 24.2 Å². The largest absolute Gasteiger partial charge is 0.467 e. The number of hydrogen-bond acceptors (Lipinski definition) is 9. The number of carbonyl (C=O) groups is 5. The molecule has 13 heteroatoms. The van der Waals surface area contributed by atoms with Crippen molar-refractivity contribution in [3.05, 3.63) is 24.3 Å². The lowest BCUT2D eigenvalue weighted by Crippen LogP contribution is -2.61. The van der Waals surface area contributed by atoms with Crippen LogP contribution < -0.4 is 10.6 Å². The first kappa shape index (κ1) is 36.1. The van der Waals surface area contributed by atoms with E-state index in [2.05, 4.69) is 34.4 Å². The Morgan fingerprint density at radius 3 is 2.44 bits per heavy atom. The van der Waals surface area contributed by atoms with Crippen molar-refractivity contribution < 1.29 is 28.7 Å². The molecular formula is C35H52N6O6S. The lowest BCUT2D eigenvalue weighted by Gasteiger charge is -2.38. The van der Waals surface area contributed by atoms with Gasteiger partial charge in [-0.2, -0.15) is 0 Å². The molecule has 4 fully saturated rings. The number of thioether (sulfide) groups is 1. The van der Waals surface area contributed by atoms with Gasteiger partial charge in [-0.1, -0.05) is 53.9 Å². The maximum Gasteiger partial charge on any atom is 0.328 e. The van der Waals surface area contributed by atoms with Crippen molar-refractivity contribution in [2.75, 3.05) is 26.0 Å². The monoisotopic (exact) mass is 684 g/mol. The number of likely N-dealkylation sites (tertiary alicyclic amines) is 1. The molecule has 3 heterocycles. The molecule has 264 valence electrons. The SMILES string of the molecule is COC(=O)C1CC2(CN1C(=O)C(NC(=O)[C@@H](NC(=O)c1cnccn1)C1CCCCC1)C(C)(C)C)SCC(=O)N2CC1CC1CC(C)C. The fourth-order valence-electron chi connectivity index (χ4n) is 7.78. The third-order valence-electron chi connectivity index (χ3n) is 10.5. The van der Waals surface area contributed by atoms with Crippen LogP contribution in [-0.2, 0) is 23.9 Å². The van der Waals surface area contributed by atoms with Crippen molar-refractivity contribution >= 4 is 41.4 Å². The molecule has 1 aromatic heterocycles. The average molecular weight is 685 g/mol. The summed E-state index contributed by atoms with van der Waals surface area (Å²) in [4.78, 5) is 79.3. The molecule has 2 aliphatic heterocycles. The first-order chi connectivity index (χ1) is 22.7. The molecule has 1 aromatic rings. The summed E-state index contributed by atoms with van der Waals surface area (Å²) in [5.41, 5.74) is -0.640. The Bertz CT molecular complexity index is 1360. The van der Waals surface area contributed by atoms with Gasteiger partial charge in [0.15, 0.2) is 0 Å². The summed E-state index contributed by atoms with van der Waals surface area (Å²) in [6, 6.07) is -2.79. The van der Waals surface area contributed by atoms with Crippen LogP contribution in [0.15, 0.2) is 18.6 Å². The van der Waals surface area contributed by atoms with Gasteiger partial charge in [-0.25, -0.2) is 9.78 Å². The topological polar surface area (TPSA) is 151 Å². The summed E-state index contributed by atoms with van der Waals surface area (Å²) in [6.45, 7) is 10.8. The van der Waals surface area contributed by atoms with E-state index in [1.807, 2.05) is 25.7 Å². The molecule has 0 bridgehead atoms. The van der Waals surface area contributed by atoms with Gasteiger partial charge >= 0.3 is 5.97 Å². The Morgan fingerprint density at radius 2 is 1.81 bits per heavy atom. The van der Waals surface area contributed by atoms with Gasteiger partial charge in [0.05, 0.1) is 25.6 Å². The van der Waals surface area contributed by atoms with Crippen molar-refractivity contribution in [3.8, 4) is 0 Å². The van der Waals surface area contributed by atoms with E-state index in [9.17, 15) is 24.0 Å². The summed E-state index contributed by atoms with van der Waals surface area (Å²) in [5, 5.41) is 5.90. The van der Waals surface area contributed by atoms with Gasteiger partial charge < -0.3 is 25.2 Å². The van der Waals surface area contributed by atoms with Gasteiger partial charge in [-0.05, 0) is 54.8 Å². The van der Waals surface area contributed by atoms with Crippen LogP contribution in [0.1, 0.15) is 96.5 Å². The number of esters is 1. The average Bonchev–Trinajstić information content (AvgIpc) is 3.55. The Morgan fingerprint density at radius 1 is 1.08 bits per heavy atom. The van der Waals surface area contributed by atoms with Gasteiger partial charge in [0.25, 0.3) is 5.91 Å². The number of rotatable bonds is 11. The molecule has 2 aliphatic carbocycles. The van der Waals surface area contributed by atoms with Crippen LogP contribution in [0.5, 0.6) is 0 Å². The zero-order valence-corrected chi connectivity index (χ0v) is 30.0. The predicted octanol–water partition coefficient (Wildman–Crippen LogP) is 3.41. The number of amides is 4. The fourth-order valence-corrected chi connectivity index (χ4v) is 9.17. The van der Waals surface area contributed by atoms with Gasteiger partial charge in [-0.15, -0.1) is 11.8 Å². The normalized spacial score (nSPS) is 27.2. The number of hydrogen-bond donors (Lipinski definition) is 2. The van der Waals surface area contributed by atoms with Crippen LogP contribution in [0, 0.1) is 29.1 Å². The molecule has 2 N–H and O–H groups in total. The molecule has 4 aliphatic rings. The van der Waals surface area contributed by atoms with Crippen LogP contribution in [0.3, 0.4) is 0 Å². The Balaban J connectivity index is 1.38. The molecule has 1 spiro atoms. The van der Waals surface area contributed by atoms with Crippen LogP contribution in [0.4, 0.5) is 0 Å². The lowest BCUT2D eigenvalue weighted by molar-refractivity contribution is -0.153. The maximum absolute atomic E-state index is 14.6. The number of methoxy groups -OCH3 is 1. The van der Waals surface area contributed by atoms with Crippen LogP contribution in [0.25, 0.3) is 0 Å². The quantitative estimate of drug-likeness (QED) is 0.334. The van der Waals surface area contributed by atoms with E-state index in [-0.39, 0.29) is 30.5 Å². The maximum atomic E-state index is 14.6. The zero-order valence-electron chi connectivity index (χ0n) is 29.2. The Labute approximate surface area is 288 Å². The molecule has 2 saturated carbocycles. The fraction of sp³-hybridized carbons (Fsp3) is 0.743. The van der Waals surface area contributed by atoms with E-state index >= 15 is 0 Å². The van der Waals surface area contributed by atoms with Crippen LogP contribution in [0.2, 0.25) is 0 Å². The molecule has 0 radical (unpaired) electrons. The Hall–Kier alpha value is -3.22. The third-order valence-corrected chi connectivity index (χ3v) is 11.9. The number of aromatic nitrogens is 2. The third kappa shape index (κ3) is 7.97. The highest BCUT2D eigenvalue weighted by atomic mass is 32.2. The van der Waals surface area contributed by atoms with Gasteiger partial charge in [0.1, 0.15) is 28.7 Å². The number of ether oxygens (including phenoxy) is 1. The highest BCUT2D eigenvalue weighted by Gasteiger charge is 2.59. The van der Waals surface area contributed by atoms with E-state index in [0.717, 1.165) is 44.9 Å². The molecule has 12 nitrogen and oxygen atoms in total. The van der Waals surface area contributed by atoms with E-state index in [4.69, 9.17) is 4.74 Å². The zero-order chi connectivity index (χ0) is 34.8. The van der Waals surface area contributed by atoms with Crippen molar-refractivity contribution in [1.29, 1.82) is 0 Å². The second kappa shape index (κ2) is 14.7. The molecule has 5 rings (SSSR count). The summed E-state index contributed by atoms with van der Waals surface area (Å²) in [5.74, 6) is -0.0929. The van der Waals surface area contributed by atoms with E-state index < -0.39 is 52.1 Å². The Kier molecular flexibility index (Phi) is 11.1. The van der Waals surface area contributed by atoms with Gasteiger partial charge in [0, 0.05) is 25.4 Å². The molecule has 5 unspecified atom stereocenters. The van der Waals surface area contributed by atoms with E-state index in [1.54, 1.807) is 0 Å². The lowest BCUT2D eigenvalue weighted by atomic mass is 9.82. The smallest absolute Gasteiger partial charge is 0.328 e. The second-order valence-electron chi connectivity index (χ2n) is 15.6. The molecule has 4 amide bonds. The summed E-state index contributed by atoms with van der Waals surface area (Å²) >= 11 is 1.50. The van der Waals surface area contributed by atoms with Crippen molar-refractivity contribution in [1.82, 2.24) is 30.4 Å². The highest BCUT2D eigenvalue weighted by Crippen LogP contribution is 2.51. The predicted molar refractivity (Wildman–Crippen MR) is 181 cm³/mol. The first-order valence-electron chi connectivity index (χ1n) is 17.4. The summed E-state index contributed by atoms with van der Waals surface area (Å²) in [7, 11) is 1.30. The minimum atomic E-state index is -1.01. The first-order valence-corrected chi connectivity index (χ1v) is 18.4. The minimum absolute atomic E-state index is 0.0305. The van der Waals surface area contributed by atoms with Crippen LogP contribution in [-0.4, -0.2) is 98.3 Å². The van der Waals surface area contributed by atoms with E-state index in [0.29, 0.717) is 30.1 Å². The van der Waals surface area contributed by atoms with Crippen molar-refractivity contribution in [2.45, 2.75) is 109 Å². The standard InChI is InChI=1S/C35H52N6O6S/c1-21(2)14-23-15-24(23)18-41-27(42)19-48-35(41)16-26(33(46)47-6)40(20-35)32(45)29(34(3,4)5)39-31(44)28(22-10-8-7-9-11-22)38-30(43)25-17-36-12-13-37-25/h12-13,17,21-24,26,28-29H,7-11,14-16,18-20H2,1-6H3,(H,38,43)(H,39,44)/t23?,24?,26?,28-,29?,35?/m0/s1. The molecule has 6 atom stereocenters. The summed E-state index contributed by atoms with van der Waals surface area (Å²) < 4.78 is 5.19. The van der Waals surface area contributed by atoms with Crippen molar-refractivity contribution in [2.24, 2.45) is 29.1 Å². The van der Waals surface area contributed by atoms with Crippen molar-refractivity contribution in [3.63, 3.8) is 0 Å². The number of nitrogens with one attached hydrogen (secondary N) is 2. The molecule has 0 aromatic carbocycles. The second-order valence-corrected chi connectivity index (χ2v) is 16.9.